The van der Waals surface area contributed by atoms with Crippen LogP contribution in [0.15, 0.2) is 63.9 Å². The average Bonchev–Trinajstić information content (AvgIpc) is 3.02. The molecule has 26 heavy (non-hydrogen) atoms. The minimum absolute atomic E-state index is 0.258. The molecule has 3 rings (SSSR count). The molecule has 3 aromatic rings. The number of carbonyl (C=O) groups is 2. The Morgan fingerprint density at radius 2 is 1.92 bits per heavy atom. The van der Waals surface area contributed by atoms with Crippen LogP contribution in [-0.2, 0) is 16.1 Å². The monoisotopic (exact) mass is 353 g/mol. The average molecular weight is 353 g/mol. The maximum absolute atomic E-state index is 12.3. The minimum Gasteiger partial charge on any atom is -0.465 e. The predicted molar refractivity (Wildman–Crippen MR) is 92.6 cm³/mol. The second-order valence-corrected chi connectivity index (χ2v) is 5.34. The fourth-order valence-corrected chi connectivity index (χ4v) is 2.39. The highest BCUT2D eigenvalue weighted by Gasteiger charge is 2.16. The summed E-state index contributed by atoms with van der Waals surface area (Å²) < 4.78 is 10.5. The summed E-state index contributed by atoms with van der Waals surface area (Å²) in [6.07, 6.45) is 0. The van der Waals surface area contributed by atoms with Gasteiger partial charge in [0.1, 0.15) is 6.54 Å². The first-order chi connectivity index (χ1) is 12.6. The topological polar surface area (TPSA) is 103 Å². The highest BCUT2D eigenvalue weighted by molar-refractivity contribution is 5.94. The van der Waals surface area contributed by atoms with E-state index in [9.17, 15) is 14.4 Å². The molecule has 0 saturated carbocycles. The van der Waals surface area contributed by atoms with Crippen molar-refractivity contribution in [2.24, 2.45) is 0 Å². The first-order valence-corrected chi connectivity index (χ1v) is 7.68. The quantitative estimate of drug-likeness (QED) is 0.703. The van der Waals surface area contributed by atoms with Gasteiger partial charge in [0.2, 0.25) is 5.91 Å². The number of methoxy groups -OCH3 is 1. The van der Waals surface area contributed by atoms with E-state index in [1.54, 1.807) is 42.5 Å². The Balaban J connectivity index is 1.79. The van der Waals surface area contributed by atoms with Crippen LogP contribution in [0.1, 0.15) is 10.4 Å². The van der Waals surface area contributed by atoms with Crippen LogP contribution in [0.4, 0.5) is 5.69 Å². The number of benzene rings is 2. The van der Waals surface area contributed by atoms with E-state index in [2.05, 4.69) is 19.7 Å². The molecule has 1 N–H and O–H groups in total. The molecule has 8 nitrogen and oxygen atoms in total. The van der Waals surface area contributed by atoms with Crippen LogP contribution in [0.5, 0.6) is 0 Å². The summed E-state index contributed by atoms with van der Waals surface area (Å²) in [6, 6.07) is 15.2. The standard InChI is InChI=1S/C18H15N3O5/c1-25-17(23)13-8-5-9-14(10-13)19-15(22)11-21-16(20-26-18(21)24)12-6-3-2-4-7-12/h2-10H,11H2,1H3,(H,19,22). The molecule has 2 aromatic carbocycles. The Labute approximate surface area is 148 Å². The molecule has 0 aliphatic rings. The molecule has 0 fully saturated rings. The maximum Gasteiger partial charge on any atom is 0.442 e. The van der Waals surface area contributed by atoms with Gasteiger partial charge in [0, 0.05) is 11.3 Å². The van der Waals surface area contributed by atoms with Crippen molar-refractivity contribution >= 4 is 17.6 Å². The van der Waals surface area contributed by atoms with Crippen LogP contribution in [0.25, 0.3) is 11.4 Å². The lowest BCUT2D eigenvalue weighted by Gasteiger charge is -2.08. The zero-order valence-electron chi connectivity index (χ0n) is 13.8. The number of anilines is 1. The lowest BCUT2D eigenvalue weighted by Crippen LogP contribution is -2.25. The summed E-state index contributed by atoms with van der Waals surface area (Å²) in [6.45, 7) is -0.283. The summed E-state index contributed by atoms with van der Waals surface area (Å²) >= 11 is 0. The van der Waals surface area contributed by atoms with E-state index in [0.29, 0.717) is 16.8 Å². The third kappa shape index (κ3) is 3.69. The van der Waals surface area contributed by atoms with E-state index in [1.807, 2.05) is 6.07 Å². The number of nitrogens with zero attached hydrogens (tertiary/aromatic N) is 2. The predicted octanol–water partition coefficient (Wildman–Crippen LogP) is 1.93. The number of hydrogen-bond donors (Lipinski definition) is 1. The molecular formula is C18H15N3O5. The van der Waals surface area contributed by atoms with E-state index >= 15 is 0 Å². The number of amides is 1. The Morgan fingerprint density at radius 1 is 1.15 bits per heavy atom. The van der Waals surface area contributed by atoms with Crippen LogP contribution in [-0.4, -0.2) is 28.7 Å². The highest BCUT2D eigenvalue weighted by Crippen LogP contribution is 2.15. The highest BCUT2D eigenvalue weighted by atomic mass is 16.5. The molecule has 0 aliphatic heterocycles. The van der Waals surface area contributed by atoms with Gasteiger partial charge in [-0.15, -0.1) is 0 Å². The molecular weight excluding hydrogens is 338 g/mol. The molecule has 0 spiro atoms. The molecule has 1 amide bonds. The lowest BCUT2D eigenvalue weighted by atomic mass is 10.2. The Morgan fingerprint density at radius 3 is 2.65 bits per heavy atom. The summed E-state index contributed by atoms with van der Waals surface area (Å²) in [5.41, 5.74) is 1.36. The van der Waals surface area contributed by atoms with Gasteiger partial charge in [-0.2, -0.15) is 0 Å². The van der Waals surface area contributed by atoms with Gasteiger partial charge in [0.15, 0.2) is 5.82 Å². The first kappa shape index (κ1) is 17.2. The Hall–Kier alpha value is -3.68. The number of ether oxygens (including phenoxy) is 1. The van der Waals surface area contributed by atoms with Crippen molar-refractivity contribution in [2.75, 3.05) is 12.4 Å². The third-order valence-corrected chi connectivity index (χ3v) is 3.59. The molecule has 132 valence electrons. The number of rotatable bonds is 5. The van der Waals surface area contributed by atoms with Crippen molar-refractivity contribution in [1.29, 1.82) is 0 Å². The van der Waals surface area contributed by atoms with Crippen LogP contribution < -0.4 is 11.1 Å². The van der Waals surface area contributed by atoms with Crippen molar-refractivity contribution in [3.63, 3.8) is 0 Å². The molecule has 0 atom stereocenters. The fraction of sp³-hybridized carbons (Fsp3) is 0.111. The van der Waals surface area contributed by atoms with Crippen LogP contribution in [0.2, 0.25) is 0 Å². The molecule has 8 heteroatoms. The number of hydrogen-bond acceptors (Lipinski definition) is 6. The van der Waals surface area contributed by atoms with E-state index in [1.165, 1.54) is 13.2 Å². The van der Waals surface area contributed by atoms with E-state index in [4.69, 9.17) is 0 Å². The van der Waals surface area contributed by atoms with Gasteiger partial charge >= 0.3 is 11.7 Å². The minimum atomic E-state index is -0.734. The lowest BCUT2D eigenvalue weighted by molar-refractivity contribution is -0.116. The second kappa shape index (κ2) is 7.47. The molecule has 0 aliphatic carbocycles. The molecule has 0 saturated heterocycles. The fourth-order valence-electron chi connectivity index (χ4n) is 2.39. The normalized spacial score (nSPS) is 10.3. The van der Waals surface area contributed by atoms with Crippen molar-refractivity contribution in [1.82, 2.24) is 9.72 Å². The number of carbonyl (C=O) groups excluding carboxylic acids is 2. The molecule has 0 unspecified atom stereocenters. The summed E-state index contributed by atoms with van der Waals surface area (Å²) in [5, 5.41) is 6.36. The largest absolute Gasteiger partial charge is 0.465 e. The van der Waals surface area contributed by atoms with Crippen LogP contribution >= 0.6 is 0 Å². The van der Waals surface area contributed by atoms with E-state index in [-0.39, 0.29) is 12.4 Å². The van der Waals surface area contributed by atoms with Gasteiger partial charge in [-0.1, -0.05) is 41.6 Å². The summed E-state index contributed by atoms with van der Waals surface area (Å²) in [5.74, 6) is -1.45. The molecule has 1 heterocycles. The smallest absolute Gasteiger partial charge is 0.442 e. The molecule has 0 radical (unpaired) electrons. The van der Waals surface area contributed by atoms with Gasteiger partial charge in [-0.05, 0) is 18.2 Å². The number of esters is 1. The second-order valence-electron chi connectivity index (χ2n) is 5.34. The van der Waals surface area contributed by atoms with Crippen LogP contribution in [0.3, 0.4) is 0 Å². The van der Waals surface area contributed by atoms with Crippen LogP contribution in [0, 0.1) is 0 Å². The molecule has 1 aromatic heterocycles. The number of nitrogens with one attached hydrogen (secondary N) is 1. The SMILES string of the molecule is COC(=O)c1cccc(NC(=O)Cn2c(-c3ccccc3)noc2=O)c1. The summed E-state index contributed by atoms with van der Waals surface area (Å²) in [4.78, 5) is 35.7. The third-order valence-electron chi connectivity index (χ3n) is 3.59. The van der Waals surface area contributed by atoms with E-state index in [0.717, 1.165) is 4.57 Å². The van der Waals surface area contributed by atoms with Gasteiger partial charge in [-0.25, -0.2) is 14.2 Å². The zero-order valence-corrected chi connectivity index (χ0v) is 13.8. The van der Waals surface area contributed by atoms with Gasteiger partial charge in [-0.3, -0.25) is 9.32 Å². The number of aromatic nitrogens is 2. The first-order valence-electron chi connectivity index (χ1n) is 7.68. The Bertz CT molecular complexity index is 991. The molecule has 0 bridgehead atoms. The van der Waals surface area contributed by atoms with Crippen molar-refractivity contribution in [2.45, 2.75) is 6.54 Å². The van der Waals surface area contributed by atoms with Gasteiger partial charge < -0.3 is 10.1 Å². The maximum atomic E-state index is 12.3. The zero-order chi connectivity index (χ0) is 18.5. The Kier molecular flexibility index (Phi) is 4.93. The van der Waals surface area contributed by atoms with E-state index < -0.39 is 17.6 Å². The van der Waals surface area contributed by atoms with Crippen molar-refractivity contribution in [3.8, 4) is 11.4 Å². The summed E-state index contributed by atoms with van der Waals surface area (Å²) in [7, 11) is 1.27. The van der Waals surface area contributed by atoms with Crippen molar-refractivity contribution in [3.05, 3.63) is 70.7 Å². The van der Waals surface area contributed by atoms with Gasteiger partial charge in [0.05, 0.1) is 12.7 Å². The van der Waals surface area contributed by atoms with Gasteiger partial charge in [0.25, 0.3) is 0 Å². The van der Waals surface area contributed by atoms with Crippen molar-refractivity contribution < 1.29 is 18.8 Å².